The Bertz CT molecular complexity index is 690. The molecule has 1 heterocycles. The summed E-state index contributed by atoms with van der Waals surface area (Å²) in [6, 6.07) is 5.88. The average molecular weight is 398 g/mol. The number of alkyl halides is 1. The molecular formula is C17H19IO3. The Morgan fingerprint density at radius 2 is 1.95 bits per heavy atom. The lowest BCUT2D eigenvalue weighted by molar-refractivity contribution is 0.310. The van der Waals surface area contributed by atoms with Crippen LogP contribution in [0.25, 0.3) is 11.0 Å². The van der Waals surface area contributed by atoms with Gasteiger partial charge in [0.25, 0.3) is 0 Å². The topological polar surface area (TPSA) is 39.4 Å². The predicted molar refractivity (Wildman–Crippen MR) is 92.7 cm³/mol. The van der Waals surface area contributed by atoms with Gasteiger partial charge in [-0.05, 0) is 60.6 Å². The second-order valence-electron chi connectivity index (χ2n) is 5.46. The summed E-state index contributed by atoms with van der Waals surface area (Å²) in [6.07, 6.45) is 6.28. The second kappa shape index (κ2) is 6.81. The maximum absolute atomic E-state index is 12.1. The van der Waals surface area contributed by atoms with Crippen molar-refractivity contribution in [1.82, 2.24) is 0 Å². The zero-order valence-electron chi connectivity index (χ0n) is 12.0. The summed E-state index contributed by atoms with van der Waals surface area (Å²) in [5.41, 5.74) is 2.56. The van der Waals surface area contributed by atoms with E-state index in [0.717, 1.165) is 59.7 Å². The summed E-state index contributed by atoms with van der Waals surface area (Å²) < 4.78 is 12.4. The molecule has 1 aromatic carbocycles. The molecule has 3 rings (SSSR count). The van der Waals surface area contributed by atoms with Crippen LogP contribution in [0.1, 0.15) is 36.8 Å². The van der Waals surface area contributed by atoms with Gasteiger partial charge in [-0.15, -0.1) is 0 Å². The van der Waals surface area contributed by atoms with Crippen molar-refractivity contribution in [2.75, 3.05) is 11.0 Å². The minimum Gasteiger partial charge on any atom is -0.493 e. The summed E-state index contributed by atoms with van der Waals surface area (Å²) in [5.74, 6) is 0.787. The fraction of sp³-hybridized carbons (Fsp3) is 0.471. The van der Waals surface area contributed by atoms with Crippen molar-refractivity contribution in [3.05, 3.63) is 39.7 Å². The molecule has 0 unspecified atom stereocenters. The standard InChI is InChI=1S/C17H19IO3/c18-9-3-4-10-20-12-7-8-14-13-5-1-2-6-15(13)17(19)21-16(14)11-12/h7-8,11H,1-6,9-10H2. The van der Waals surface area contributed by atoms with Crippen molar-refractivity contribution >= 4 is 33.6 Å². The van der Waals surface area contributed by atoms with E-state index in [-0.39, 0.29) is 5.63 Å². The first-order valence-corrected chi connectivity index (χ1v) is 9.09. The van der Waals surface area contributed by atoms with E-state index in [0.29, 0.717) is 12.2 Å². The molecule has 112 valence electrons. The first kappa shape index (κ1) is 14.9. The Kier molecular flexibility index (Phi) is 4.83. The van der Waals surface area contributed by atoms with Gasteiger partial charge in [-0.3, -0.25) is 0 Å². The average Bonchev–Trinajstić information content (AvgIpc) is 2.52. The number of unbranched alkanes of at least 4 members (excludes halogenated alkanes) is 1. The van der Waals surface area contributed by atoms with Crippen molar-refractivity contribution in [2.45, 2.75) is 38.5 Å². The minimum absolute atomic E-state index is 0.167. The van der Waals surface area contributed by atoms with Crippen LogP contribution in [-0.4, -0.2) is 11.0 Å². The van der Waals surface area contributed by atoms with Crippen molar-refractivity contribution in [2.24, 2.45) is 0 Å². The fourth-order valence-corrected chi connectivity index (χ4v) is 3.44. The van der Waals surface area contributed by atoms with Gasteiger partial charge in [-0.2, -0.15) is 0 Å². The number of fused-ring (bicyclic) bond motifs is 3. The van der Waals surface area contributed by atoms with Gasteiger partial charge in [0.15, 0.2) is 0 Å². The predicted octanol–water partition coefficient (Wildman–Crippen LogP) is 4.27. The molecule has 0 atom stereocenters. The monoisotopic (exact) mass is 398 g/mol. The number of hydrogen-bond donors (Lipinski definition) is 0. The van der Waals surface area contributed by atoms with Gasteiger partial charge >= 0.3 is 5.63 Å². The van der Waals surface area contributed by atoms with E-state index < -0.39 is 0 Å². The molecule has 21 heavy (non-hydrogen) atoms. The number of aryl methyl sites for hydroxylation is 1. The van der Waals surface area contributed by atoms with Crippen LogP contribution in [0.2, 0.25) is 0 Å². The zero-order chi connectivity index (χ0) is 14.7. The first-order valence-electron chi connectivity index (χ1n) is 7.57. The van der Waals surface area contributed by atoms with Crippen LogP contribution in [0, 0.1) is 0 Å². The highest BCUT2D eigenvalue weighted by Gasteiger charge is 2.18. The highest BCUT2D eigenvalue weighted by molar-refractivity contribution is 14.1. The molecule has 0 amide bonds. The van der Waals surface area contributed by atoms with Crippen LogP contribution in [0.15, 0.2) is 27.4 Å². The number of ether oxygens (including phenoxy) is 1. The van der Waals surface area contributed by atoms with Gasteiger partial charge < -0.3 is 9.15 Å². The van der Waals surface area contributed by atoms with E-state index in [1.54, 1.807) is 0 Å². The van der Waals surface area contributed by atoms with Gasteiger partial charge in [0, 0.05) is 17.0 Å². The van der Waals surface area contributed by atoms with Gasteiger partial charge in [0.2, 0.25) is 0 Å². The lowest BCUT2D eigenvalue weighted by Gasteiger charge is -2.16. The molecule has 0 bridgehead atoms. The van der Waals surface area contributed by atoms with Crippen LogP contribution in [0.4, 0.5) is 0 Å². The number of halogens is 1. The molecule has 0 N–H and O–H groups in total. The number of hydrogen-bond acceptors (Lipinski definition) is 3. The fourth-order valence-electron chi connectivity index (χ4n) is 2.90. The Hall–Kier alpha value is -1.04. The van der Waals surface area contributed by atoms with Crippen molar-refractivity contribution in [1.29, 1.82) is 0 Å². The Balaban J connectivity index is 1.90. The molecule has 3 nitrogen and oxygen atoms in total. The van der Waals surface area contributed by atoms with Crippen LogP contribution in [0.5, 0.6) is 5.75 Å². The molecule has 2 aromatic rings. The quantitative estimate of drug-likeness (QED) is 0.327. The van der Waals surface area contributed by atoms with Crippen LogP contribution < -0.4 is 10.4 Å². The zero-order valence-corrected chi connectivity index (χ0v) is 14.1. The van der Waals surface area contributed by atoms with E-state index in [2.05, 4.69) is 22.6 Å². The highest BCUT2D eigenvalue weighted by Crippen LogP contribution is 2.29. The van der Waals surface area contributed by atoms with E-state index in [1.165, 1.54) is 5.56 Å². The molecule has 1 aliphatic rings. The van der Waals surface area contributed by atoms with E-state index >= 15 is 0 Å². The Labute approximate surface area is 137 Å². The SMILES string of the molecule is O=c1oc2cc(OCCCCI)ccc2c2c1CCCC2. The largest absolute Gasteiger partial charge is 0.493 e. The summed E-state index contributed by atoms with van der Waals surface area (Å²) in [7, 11) is 0. The second-order valence-corrected chi connectivity index (χ2v) is 6.53. The van der Waals surface area contributed by atoms with Gasteiger partial charge in [0.1, 0.15) is 11.3 Å². The summed E-state index contributed by atoms with van der Waals surface area (Å²) in [5, 5.41) is 1.07. The lowest BCUT2D eigenvalue weighted by Crippen LogP contribution is -2.15. The van der Waals surface area contributed by atoms with Gasteiger partial charge in [-0.25, -0.2) is 4.79 Å². The van der Waals surface area contributed by atoms with Crippen LogP contribution >= 0.6 is 22.6 Å². The third-order valence-electron chi connectivity index (χ3n) is 3.99. The van der Waals surface area contributed by atoms with Crippen molar-refractivity contribution < 1.29 is 9.15 Å². The van der Waals surface area contributed by atoms with Crippen LogP contribution in [-0.2, 0) is 12.8 Å². The van der Waals surface area contributed by atoms with Gasteiger partial charge in [0.05, 0.1) is 6.61 Å². The van der Waals surface area contributed by atoms with E-state index in [4.69, 9.17) is 9.15 Å². The number of benzene rings is 1. The molecule has 4 heteroatoms. The molecule has 0 saturated carbocycles. The molecule has 0 fully saturated rings. The Morgan fingerprint density at radius 1 is 1.14 bits per heavy atom. The summed E-state index contributed by atoms with van der Waals surface area (Å²) in [4.78, 5) is 12.1. The van der Waals surface area contributed by atoms with E-state index in [9.17, 15) is 4.79 Å². The molecule has 0 radical (unpaired) electrons. The first-order chi connectivity index (χ1) is 10.3. The normalized spacial score (nSPS) is 14.1. The smallest absolute Gasteiger partial charge is 0.339 e. The third-order valence-corrected chi connectivity index (χ3v) is 4.75. The Morgan fingerprint density at radius 3 is 2.76 bits per heavy atom. The van der Waals surface area contributed by atoms with Crippen LogP contribution in [0.3, 0.4) is 0 Å². The summed E-state index contributed by atoms with van der Waals surface area (Å²) >= 11 is 2.37. The number of rotatable bonds is 5. The minimum atomic E-state index is -0.167. The lowest BCUT2D eigenvalue weighted by atomic mass is 9.91. The van der Waals surface area contributed by atoms with Gasteiger partial charge in [-0.1, -0.05) is 22.6 Å². The molecule has 1 aliphatic carbocycles. The highest BCUT2D eigenvalue weighted by atomic mass is 127. The molecule has 0 spiro atoms. The van der Waals surface area contributed by atoms with Crippen molar-refractivity contribution in [3.63, 3.8) is 0 Å². The molecular weight excluding hydrogens is 379 g/mol. The maximum Gasteiger partial charge on any atom is 0.339 e. The van der Waals surface area contributed by atoms with Crippen molar-refractivity contribution in [3.8, 4) is 5.75 Å². The van der Waals surface area contributed by atoms with E-state index in [1.807, 2.05) is 18.2 Å². The molecule has 0 saturated heterocycles. The molecule has 1 aromatic heterocycles. The molecule has 0 aliphatic heterocycles. The third kappa shape index (κ3) is 3.25. The summed E-state index contributed by atoms with van der Waals surface area (Å²) in [6.45, 7) is 0.712. The maximum atomic E-state index is 12.1.